The van der Waals surface area contributed by atoms with E-state index in [1.54, 1.807) is 0 Å². The fourth-order valence-electron chi connectivity index (χ4n) is 3.59. The zero-order valence-electron chi connectivity index (χ0n) is 18.7. The zero-order chi connectivity index (χ0) is 20.9. The molecule has 170 valence electrons. The van der Waals surface area contributed by atoms with Crippen molar-refractivity contribution in [2.24, 2.45) is 10.9 Å². The van der Waals surface area contributed by atoms with Gasteiger partial charge in [-0.05, 0) is 37.7 Å². The summed E-state index contributed by atoms with van der Waals surface area (Å²) in [6, 6.07) is 10.6. The number of rotatable bonds is 12. The third-order valence-corrected chi connectivity index (χ3v) is 5.21. The number of nitrogens with one attached hydrogen (secondary N) is 2. The van der Waals surface area contributed by atoms with Crippen LogP contribution in [0.1, 0.15) is 52.0 Å². The molecule has 0 saturated carbocycles. The molecule has 1 fully saturated rings. The average molecular weight is 530 g/mol. The molecule has 0 aliphatic carbocycles. The van der Waals surface area contributed by atoms with E-state index in [1.807, 2.05) is 18.2 Å². The van der Waals surface area contributed by atoms with Gasteiger partial charge >= 0.3 is 0 Å². The van der Waals surface area contributed by atoms with Gasteiger partial charge in [0.15, 0.2) is 5.96 Å². The minimum Gasteiger partial charge on any atom is -0.376 e. The highest BCUT2D eigenvalue weighted by atomic mass is 127. The fourth-order valence-corrected chi connectivity index (χ4v) is 3.59. The minimum atomic E-state index is 0. The molecule has 0 radical (unpaired) electrons. The first-order valence-electron chi connectivity index (χ1n) is 11.1. The fraction of sp³-hybridized carbons (Fsp3) is 0.652. The number of halogens is 1. The maximum atomic E-state index is 12.0. The maximum Gasteiger partial charge on any atom is 0.222 e. The standard InChI is InChI=1S/C23H38N4O2.HI/c1-4-21(27-15-9-12-22(27)28)13-14-25-23(24-5-2)26-16-19(3)17-29-18-20-10-7-6-8-11-20;/h6-8,10-11,19,21H,4-5,9,12-18H2,1-3H3,(H2,24,25,26);1H. The van der Waals surface area contributed by atoms with Gasteiger partial charge in [0.2, 0.25) is 5.91 Å². The van der Waals surface area contributed by atoms with Crippen molar-refractivity contribution in [3.8, 4) is 0 Å². The number of hydrogen-bond donors (Lipinski definition) is 2. The van der Waals surface area contributed by atoms with Crippen molar-refractivity contribution in [2.45, 2.75) is 59.1 Å². The predicted molar refractivity (Wildman–Crippen MR) is 134 cm³/mol. The van der Waals surface area contributed by atoms with Crippen molar-refractivity contribution in [1.29, 1.82) is 0 Å². The van der Waals surface area contributed by atoms with Gasteiger partial charge in [0.25, 0.3) is 0 Å². The first kappa shape index (κ1) is 26.7. The molecule has 1 aliphatic heterocycles. The molecule has 30 heavy (non-hydrogen) atoms. The lowest BCUT2D eigenvalue weighted by Crippen LogP contribution is -2.42. The minimum absolute atomic E-state index is 0. The van der Waals surface area contributed by atoms with Crippen molar-refractivity contribution in [3.05, 3.63) is 35.9 Å². The summed E-state index contributed by atoms with van der Waals surface area (Å²) < 4.78 is 5.82. The van der Waals surface area contributed by atoms with Gasteiger partial charge in [-0.25, -0.2) is 0 Å². The third-order valence-electron chi connectivity index (χ3n) is 5.21. The van der Waals surface area contributed by atoms with Gasteiger partial charge in [-0.15, -0.1) is 24.0 Å². The Morgan fingerprint density at radius 2 is 2.00 bits per heavy atom. The van der Waals surface area contributed by atoms with E-state index in [-0.39, 0.29) is 24.0 Å². The van der Waals surface area contributed by atoms with Crippen molar-refractivity contribution >= 4 is 35.8 Å². The number of carbonyl (C=O) groups is 1. The van der Waals surface area contributed by atoms with Crippen LogP contribution in [0.5, 0.6) is 0 Å². The molecule has 1 aromatic rings. The van der Waals surface area contributed by atoms with E-state index < -0.39 is 0 Å². The Labute approximate surface area is 199 Å². The Hall–Kier alpha value is -1.35. The molecule has 1 heterocycles. The summed E-state index contributed by atoms with van der Waals surface area (Å²) >= 11 is 0. The summed E-state index contributed by atoms with van der Waals surface area (Å²) in [4.78, 5) is 18.7. The molecule has 6 nitrogen and oxygen atoms in total. The van der Waals surface area contributed by atoms with Gasteiger partial charge in [-0.2, -0.15) is 0 Å². The number of carbonyl (C=O) groups excluding carboxylic acids is 1. The first-order chi connectivity index (χ1) is 14.1. The molecule has 2 unspecified atom stereocenters. The van der Waals surface area contributed by atoms with Gasteiger partial charge in [0.1, 0.15) is 0 Å². The number of guanidine groups is 1. The number of likely N-dealkylation sites (tertiary alicyclic amines) is 1. The van der Waals surface area contributed by atoms with E-state index in [2.05, 4.69) is 48.4 Å². The Morgan fingerprint density at radius 1 is 1.23 bits per heavy atom. The Morgan fingerprint density at radius 3 is 2.63 bits per heavy atom. The smallest absolute Gasteiger partial charge is 0.222 e. The highest BCUT2D eigenvalue weighted by molar-refractivity contribution is 14.0. The van der Waals surface area contributed by atoms with Crippen molar-refractivity contribution < 1.29 is 9.53 Å². The summed E-state index contributed by atoms with van der Waals surface area (Å²) in [5.74, 6) is 1.49. The largest absolute Gasteiger partial charge is 0.376 e. The Balaban J connectivity index is 0.00000450. The van der Waals surface area contributed by atoms with Crippen LogP contribution in [0, 0.1) is 5.92 Å². The summed E-state index contributed by atoms with van der Waals surface area (Å²) in [6.45, 7) is 11.0. The molecule has 2 atom stereocenters. The SMILES string of the molecule is CCNC(=NCC(C)COCc1ccccc1)NCCC(CC)N1CCCC1=O.I. The van der Waals surface area contributed by atoms with E-state index >= 15 is 0 Å². The van der Waals surface area contributed by atoms with Crippen LogP contribution >= 0.6 is 24.0 Å². The Kier molecular flexibility index (Phi) is 13.7. The molecule has 0 bridgehead atoms. The topological polar surface area (TPSA) is 66.0 Å². The number of benzene rings is 1. The maximum absolute atomic E-state index is 12.0. The van der Waals surface area contributed by atoms with Gasteiger partial charge < -0.3 is 20.3 Å². The second-order valence-electron chi connectivity index (χ2n) is 7.79. The quantitative estimate of drug-likeness (QED) is 0.245. The van der Waals surface area contributed by atoms with Crippen molar-refractivity contribution in [3.63, 3.8) is 0 Å². The van der Waals surface area contributed by atoms with Gasteiger partial charge in [0.05, 0.1) is 13.2 Å². The second-order valence-corrected chi connectivity index (χ2v) is 7.79. The van der Waals surface area contributed by atoms with Crippen LogP contribution in [0.25, 0.3) is 0 Å². The summed E-state index contributed by atoms with van der Waals surface area (Å²) in [5, 5.41) is 6.73. The average Bonchev–Trinajstić information content (AvgIpc) is 3.16. The van der Waals surface area contributed by atoms with Gasteiger partial charge in [-0.3, -0.25) is 9.79 Å². The van der Waals surface area contributed by atoms with Crippen LogP contribution in [0.15, 0.2) is 35.3 Å². The number of hydrogen-bond acceptors (Lipinski definition) is 3. The molecule has 7 heteroatoms. The number of nitrogens with zero attached hydrogens (tertiary/aromatic N) is 2. The van der Waals surface area contributed by atoms with E-state index in [4.69, 9.17) is 9.73 Å². The summed E-state index contributed by atoms with van der Waals surface area (Å²) in [7, 11) is 0. The Bertz CT molecular complexity index is 627. The predicted octanol–water partition coefficient (Wildman–Crippen LogP) is 3.80. The van der Waals surface area contributed by atoms with E-state index in [1.165, 1.54) is 5.56 Å². The number of aliphatic imine (C=N–C) groups is 1. The lowest BCUT2D eigenvalue weighted by atomic mass is 10.1. The van der Waals surface area contributed by atoms with Crippen LogP contribution in [0.2, 0.25) is 0 Å². The lowest BCUT2D eigenvalue weighted by molar-refractivity contribution is -0.129. The van der Waals surface area contributed by atoms with Crippen LogP contribution in [0.4, 0.5) is 0 Å². The normalized spacial score (nSPS) is 16.2. The van der Waals surface area contributed by atoms with Crippen molar-refractivity contribution in [2.75, 3.05) is 32.8 Å². The number of ether oxygens (including phenoxy) is 1. The van der Waals surface area contributed by atoms with Crippen molar-refractivity contribution in [1.82, 2.24) is 15.5 Å². The second kappa shape index (κ2) is 15.5. The molecule has 1 aromatic carbocycles. The molecule has 0 aromatic heterocycles. The van der Waals surface area contributed by atoms with Crippen LogP contribution in [0.3, 0.4) is 0 Å². The molecule has 1 aliphatic rings. The summed E-state index contributed by atoms with van der Waals surface area (Å²) in [5.41, 5.74) is 1.19. The van der Waals surface area contributed by atoms with Gasteiger partial charge in [0, 0.05) is 38.6 Å². The molecule has 2 N–H and O–H groups in total. The number of amides is 1. The molecular formula is C23H39IN4O2. The molecule has 0 spiro atoms. The first-order valence-corrected chi connectivity index (χ1v) is 11.1. The van der Waals surface area contributed by atoms with E-state index in [9.17, 15) is 4.79 Å². The van der Waals surface area contributed by atoms with Crippen LogP contribution in [-0.2, 0) is 16.1 Å². The van der Waals surface area contributed by atoms with Crippen LogP contribution < -0.4 is 10.6 Å². The van der Waals surface area contributed by atoms with E-state index in [0.29, 0.717) is 44.0 Å². The highest BCUT2D eigenvalue weighted by Gasteiger charge is 2.26. The lowest BCUT2D eigenvalue weighted by Gasteiger charge is -2.27. The molecule has 2 rings (SSSR count). The van der Waals surface area contributed by atoms with Crippen LogP contribution in [-0.4, -0.2) is 55.6 Å². The molecule has 1 amide bonds. The molecule has 1 saturated heterocycles. The van der Waals surface area contributed by atoms with Gasteiger partial charge in [-0.1, -0.05) is 44.2 Å². The highest BCUT2D eigenvalue weighted by Crippen LogP contribution is 2.17. The zero-order valence-corrected chi connectivity index (χ0v) is 21.1. The van der Waals surface area contributed by atoms with E-state index in [0.717, 1.165) is 44.9 Å². The monoisotopic (exact) mass is 530 g/mol. The molecular weight excluding hydrogens is 491 g/mol. The summed E-state index contributed by atoms with van der Waals surface area (Å²) in [6.07, 6.45) is 3.65. The third kappa shape index (κ3) is 9.64.